The van der Waals surface area contributed by atoms with Crippen LogP contribution in [0.15, 0.2) is 22.8 Å². The number of allylic oxidation sites excluding steroid dienone is 2. The third-order valence-electron chi connectivity index (χ3n) is 6.13. The van der Waals surface area contributed by atoms with E-state index < -0.39 is 0 Å². The van der Waals surface area contributed by atoms with Gasteiger partial charge in [-0.05, 0) is 56.4 Å². The van der Waals surface area contributed by atoms with E-state index in [0.29, 0.717) is 42.0 Å². The van der Waals surface area contributed by atoms with Gasteiger partial charge in [-0.25, -0.2) is 0 Å². The Morgan fingerprint density at radius 3 is 2.86 bits per heavy atom. The van der Waals surface area contributed by atoms with Gasteiger partial charge >= 0.3 is 0 Å². The van der Waals surface area contributed by atoms with Crippen molar-refractivity contribution < 1.29 is 9.53 Å². The summed E-state index contributed by atoms with van der Waals surface area (Å²) in [6.45, 7) is 9.82. The van der Waals surface area contributed by atoms with Crippen molar-refractivity contribution in [2.45, 2.75) is 72.3 Å². The molecule has 0 aromatic rings. The molecule has 0 unspecified atom stereocenters. The van der Waals surface area contributed by atoms with Crippen molar-refractivity contribution in [1.29, 1.82) is 0 Å². The van der Waals surface area contributed by atoms with Gasteiger partial charge in [0, 0.05) is 18.8 Å². The number of ketones is 1. The molecule has 1 heterocycles. The highest BCUT2D eigenvalue weighted by molar-refractivity contribution is 5.80. The molecule has 22 heavy (non-hydrogen) atoms. The summed E-state index contributed by atoms with van der Waals surface area (Å²) in [5, 5.41) is 0. The molecule has 0 bridgehead atoms. The van der Waals surface area contributed by atoms with Gasteiger partial charge in [0.2, 0.25) is 0 Å². The first-order valence-corrected chi connectivity index (χ1v) is 8.86. The van der Waals surface area contributed by atoms with E-state index in [1.165, 1.54) is 24.0 Å². The maximum absolute atomic E-state index is 12.2. The molecular formula is C20H30O2. The van der Waals surface area contributed by atoms with Crippen LogP contribution < -0.4 is 0 Å². The normalized spacial score (nSPS) is 42.5. The highest BCUT2D eigenvalue weighted by Crippen LogP contribution is 2.55. The molecule has 2 aliphatic carbocycles. The third kappa shape index (κ3) is 2.95. The lowest BCUT2D eigenvalue weighted by Crippen LogP contribution is -2.39. The van der Waals surface area contributed by atoms with Crippen LogP contribution in [0.3, 0.4) is 0 Å². The van der Waals surface area contributed by atoms with Crippen molar-refractivity contribution in [3.63, 3.8) is 0 Å². The summed E-state index contributed by atoms with van der Waals surface area (Å²) in [5.41, 5.74) is 4.69. The molecule has 4 atom stereocenters. The minimum Gasteiger partial charge on any atom is -0.373 e. The first-order chi connectivity index (χ1) is 10.4. The molecule has 2 heteroatoms. The van der Waals surface area contributed by atoms with E-state index in [1.807, 2.05) is 0 Å². The van der Waals surface area contributed by atoms with Crippen molar-refractivity contribution in [2.24, 2.45) is 17.3 Å². The highest BCUT2D eigenvalue weighted by atomic mass is 16.5. The van der Waals surface area contributed by atoms with Crippen molar-refractivity contribution in [3.05, 3.63) is 22.8 Å². The second-order valence-corrected chi connectivity index (χ2v) is 8.30. The van der Waals surface area contributed by atoms with Crippen LogP contribution in [0.25, 0.3) is 0 Å². The van der Waals surface area contributed by atoms with Gasteiger partial charge in [0.25, 0.3) is 0 Å². The van der Waals surface area contributed by atoms with Gasteiger partial charge in [-0.1, -0.05) is 31.1 Å². The smallest absolute Gasteiger partial charge is 0.137 e. The second-order valence-electron chi connectivity index (χ2n) is 8.30. The first-order valence-electron chi connectivity index (χ1n) is 8.86. The van der Waals surface area contributed by atoms with Crippen LogP contribution in [-0.4, -0.2) is 18.5 Å². The Labute approximate surface area is 135 Å². The van der Waals surface area contributed by atoms with Crippen LogP contribution in [0.2, 0.25) is 0 Å². The lowest BCUT2D eigenvalue weighted by molar-refractivity contribution is -0.119. The average Bonchev–Trinajstić information content (AvgIpc) is 2.78. The average molecular weight is 302 g/mol. The highest BCUT2D eigenvalue weighted by Gasteiger charge is 2.48. The van der Waals surface area contributed by atoms with Gasteiger partial charge in [0.05, 0.1) is 12.7 Å². The van der Waals surface area contributed by atoms with Crippen LogP contribution >= 0.6 is 0 Å². The van der Waals surface area contributed by atoms with Crippen molar-refractivity contribution >= 4 is 5.78 Å². The minimum absolute atomic E-state index is 0.302. The molecule has 2 nitrogen and oxygen atoms in total. The maximum Gasteiger partial charge on any atom is 0.137 e. The molecule has 1 saturated carbocycles. The summed E-state index contributed by atoms with van der Waals surface area (Å²) in [4.78, 5) is 12.2. The van der Waals surface area contributed by atoms with E-state index in [1.54, 1.807) is 5.57 Å². The predicted molar refractivity (Wildman–Crippen MR) is 89.7 cm³/mol. The molecule has 0 aromatic heterocycles. The van der Waals surface area contributed by atoms with Gasteiger partial charge in [0.1, 0.15) is 5.78 Å². The number of hydrogen-bond acceptors (Lipinski definition) is 2. The summed E-state index contributed by atoms with van der Waals surface area (Å²) < 4.78 is 6.26. The summed E-state index contributed by atoms with van der Waals surface area (Å²) in [5.74, 6) is 1.37. The fourth-order valence-corrected chi connectivity index (χ4v) is 4.89. The molecule has 0 N–H and O–H groups in total. The number of carbonyl (C=O) groups excluding carboxylic acids is 1. The van der Waals surface area contributed by atoms with Crippen molar-refractivity contribution in [2.75, 3.05) is 6.61 Å². The molecule has 3 aliphatic rings. The van der Waals surface area contributed by atoms with E-state index >= 15 is 0 Å². The Balaban J connectivity index is 1.97. The molecule has 0 radical (unpaired) electrons. The largest absolute Gasteiger partial charge is 0.373 e. The fraction of sp³-hybridized carbons (Fsp3) is 0.750. The number of hydrogen-bond donors (Lipinski definition) is 0. The van der Waals surface area contributed by atoms with Gasteiger partial charge in [-0.3, -0.25) is 4.79 Å². The number of ether oxygens (including phenoxy) is 1. The summed E-state index contributed by atoms with van der Waals surface area (Å²) >= 11 is 0. The van der Waals surface area contributed by atoms with E-state index in [-0.39, 0.29) is 0 Å². The van der Waals surface area contributed by atoms with Crippen molar-refractivity contribution in [3.8, 4) is 0 Å². The van der Waals surface area contributed by atoms with E-state index in [2.05, 4.69) is 33.8 Å². The molecule has 0 amide bonds. The molecule has 1 aliphatic heterocycles. The van der Waals surface area contributed by atoms with E-state index in [0.717, 1.165) is 19.4 Å². The van der Waals surface area contributed by atoms with E-state index in [9.17, 15) is 4.79 Å². The molecule has 0 saturated heterocycles. The topological polar surface area (TPSA) is 26.3 Å². The number of carbonyl (C=O) groups is 1. The number of Topliss-reactive ketones (excluding diaryl/α,β-unsaturated/α-hetero) is 1. The van der Waals surface area contributed by atoms with Crippen LogP contribution in [0.4, 0.5) is 0 Å². The van der Waals surface area contributed by atoms with Gasteiger partial charge in [-0.2, -0.15) is 0 Å². The third-order valence-corrected chi connectivity index (χ3v) is 6.13. The van der Waals surface area contributed by atoms with Gasteiger partial charge in [0.15, 0.2) is 0 Å². The van der Waals surface area contributed by atoms with Crippen LogP contribution in [0.1, 0.15) is 66.2 Å². The Morgan fingerprint density at radius 1 is 1.32 bits per heavy atom. The zero-order valence-corrected chi connectivity index (χ0v) is 14.6. The molecule has 3 rings (SSSR count). The van der Waals surface area contributed by atoms with E-state index in [4.69, 9.17) is 4.74 Å². The Hall–Kier alpha value is -0.890. The molecule has 1 fully saturated rings. The van der Waals surface area contributed by atoms with Crippen LogP contribution in [0.5, 0.6) is 0 Å². The Bertz CT molecular complexity index is 528. The lowest BCUT2D eigenvalue weighted by Gasteiger charge is -2.41. The first kappa shape index (κ1) is 16.0. The maximum atomic E-state index is 12.2. The predicted octanol–water partition coefficient (Wildman–Crippen LogP) is 4.84. The zero-order valence-electron chi connectivity index (χ0n) is 14.6. The second kappa shape index (κ2) is 5.96. The van der Waals surface area contributed by atoms with Crippen LogP contribution in [0, 0.1) is 17.3 Å². The van der Waals surface area contributed by atoms with Crippen molar-refractivity contribution in [1.82, 2.24) is 0 Å². The van der Waals surface area contributed by atoms with Crippen LogP contribution in [-0.2, 0) is 9.53 Å². The summed E-state index contributed by atoms with van der Waals surface area (Å²) in [7, 11) is 0. The molecular weight excluding hydrogens is 272 g/mol. The summed E-state index contributed by atoms with van der Waals surface area (Å²) in [6, 6.07) is 0. The van der Waals surface area contributed by atoms with Gasteiger partial charge < -0.3 is 4.74 Å². The monoisotopic (exact) mass is 302 g/mol. The SMILES string of the molecule is CC1=C2CC[C@@]3(C)C/C=C(/C)CC(=O)C[C@@H](C)C[C@@H](OC1)[C@H]23. The molecule has 122 valence electrons. The molecule has 0 spiro atoms. The summed E-state index contributed by atoms with van der Waals surface area (Å²) in [6.07, 6.45) is 8.59. The van der Waals surface area contributed by atoms with Gasteiger partial charge in [-0.15, -0.1) is 0 Å². The minimum atomic E-state index is 0.302. The molecule has 0 aromatic carbocycles. The zero-order chi connectivity index (χ0) is 15.9. The Kier molecular flexibility index (Phi) is 4.33. The lowest BCUT2D eigenvalue weighted by atomic mass is 9.70. The fourth-order valence-electron chi connectivity index (χ4n) is 4.89. The quantitative estimate of drug-likeness (QED) is 0.598. The standard InChI is InChI=1S/C20H30O2/c1-13-5-7-20(4)8-6-17-15(3)12-22-18(19(17)20)11-14(2)10-16(21)9-13/h5,14,18-19H,6-12H2,1-4H3/b13-5-/t14-,18-,19+,20-/m1/s1. The number of rotatable bonds is 0. The Morgan fingerprint density at radius 2 is 2.09 bits per heavy atom.